The van der Waals surface area contributed by atoms with Crippen molar-refractivity contribution in [2.45, 2.75) is 0 Å². The molecule has 3 rings (SSSR count). The van der Waals surface area contributed by atoms with Gasteiger partial charge in [-0.2, -0.15) is 0 Å². The quantitative estimate of drug-likeness (QED) is 0.628. The first-order chi connectivity index (χ1) is 9.63. The maximum absolute atomic E-state index is 12.3. The van der Waals surface area contributed by atoms with Gasteiger partial charge in [-0.25, -0.2) is 4.79 Å². The zero-order valence-electron chi connectivity index (χ0n) is 10.6. The Balaban J connectivity index is 2.26. The number of hydrogen-bond donors (Lipinski definition) is 0. The molecule has 0 saturated carbocycles. The minimum absolute atomic E-state index is 0.0745. The molecule has 1 aromatic heterocycles. The summed E-state index contributed by atoms with van der Waals surface area (Å²) < 4.78 is 7.13. The summed E-state index contributed by atoms with van der Waals surface area (Å²) in [6.07, 6.45) is 1.65. The monoisotopic (exact) mass is 331 g/mol. The predicted octanol–water partition coefficient (Wildman–Crippen LogP) is 2.88. The Kier molecular flexibility index (Phi) is 3.06. The molecule has 2 heterocycles. The molecule has 0 N–H and O–H groups in total. The summed E-state index contributed by atoms with van der Waals surface area (Å²) in [7, 11) is 1.27. The largest absolute Gasteiger partial charge is 0.465 e. The second-order valence-corrected chi connectivity index (χ2v) is 5.23. The number of carbonyl (C=O) groups is 2. The van der Waals surface area contributed by atoms with Gasteiger partial charge < -0.3 is 4.74 Å². The molecule has 0 atom stereocenters. The van der Waals surface area contributed by atoms with Crippen LogP contribution in [0.2, 0.25) is 0 Å². The number of fused-ring (bicyclic) bond motifs is 1. The van der Waals surface area contributed by atoms with Crippen molar-refractivity contribution in [3.8, 4) is 0 Å². The predicted molar refractivity (Wildman–Crippen MR) is 77.2 cm³/mol. The Hall–Kier alpha value is -2.14. The van der Waals surface area contributed by atoms with E-state index in [4.69, 9.17) is 4.74 Å². The van der Waals surface area contributed by atoms with Crippen molar-refractivity contribution in [2.24, 2.45) is 0 Å². The Labute approximate surface area is 123 Å². The van der Waals surface area contributed by atoms with Crippen LogP contribution < -0.4 is 0 Å². The van der Waals surface area contributed by atoms with Gasteiger partial charge in [0, 0.05) is 16.2 Å². The highest BCUT2D eigenvalue weighted by Gasteiger charge is 2.34. The fourth-order valence-corrected chi connectivity index (χ4v) is 2.58. The molecule has 0 fully saturated rings. The molecule has 0 radical (unpaired) electrons. The number of esters is 1. The summed E-state index contributed by atoms with van der Waals surface area (Å²) in [5.74, 6) is -0.966. The molecular formula is C15H10BrNO3. The van der Waals surface area contributed by atoms with E-state index in [1.54, 1.807) is 12.3 Å². The lowest BCUT2D eigenvalue weighted by molar-refractivity contribution is -0.135. The van der Waals surface area contributed by atoms with Crippen LogP contribution >= 0.6 is 15.9 Å². The number of nitrogens with zero attached hydrogens (tertiary/aromatic N) is 1. The molecule has 0 spiro atoms. The van der Waals surface area contributed by atoms with E-state index in [2.05, 4.69) is 15.9 Å². The van der Waals surface area contributed by atoms with Crippen molar-refractivity contribution in [2.75, 3.05) is 7.11 Å². The van der Waals surface area contributed by atoms with Gasteiger partial charge in [0.1, 0.15) is 5.57 Å². The van der Waals surface area contributed by atoms with E-state index in [0.29, 0.717) is 11.3 Å². The second kappa shape index (κ2) is 4.76. The van der Waals surface area contributed by atoms with Crippen LogP contribution in [0.15, 0.2) is 52.6 Å². The molecule has 20 heavy (non-hydrogen) atoms. The Morgan fingerprint density at radius 2 is 1.90 bits per heavy atom. The van der Waals surface area contributed by atoms with E-state index in [9.17, 15) is 9.59 Å². The van der Waals surface area contributed by atoms with Crippen LogP contribution in [0.3, 0.4) is 0 Å². The standard InChI is InChI=1S/C15H10BrNO3/c1-20-15(19)13-12(9-4-6-10(16)7-5-9)11-3-2-8-17(11)14(13)18/h2-8H,1H3. The molecule has 1 aliphatic heterocycles. The SMILES string of the molecule is COC(=O)C1=C(c2ccc(Br)cc2)c2cccn2C1=O. The summed E-state index contributed by atoms with van der Waals surface area (Å²) in [5.41, 5.74) is 2.20. The first kappa shape index (κ1) is 12.9. The number of carbonyl (C=O) groups excluding carboxylic acids is 2. The molecular weight excluding hydrogens is 322 g/mol. The van der Waals surface area contributed by atoms with Crippen molar-refractivity contribution < 1.29 is 14.3 Å². The van der Waals surface area contributed by atoms with Crippen molar-refractivity contribution in [1.29, 1.82) is 0 Å². The van der Waals surface area contributed by atoms with Crippen LogP contribution in [0.5, 0.6) is 0 Å². The number of hydrogen-bond acceptors (Lipinski definition) is 3. The van der Waals surface area contributed by atoms with Crippen molar-refractivity contribution >= 4 is 33.4 Å². The molecule has 0 bridgehead atoms. The maximum atomic E-state index is 12.3. The molecule has 100 valence electrons. The third-order valence-electron chi connectivity index (χ3n) is 3.21. The molecule has 1 aliphatic rings. The topological polar surface area (TPSA) is 48.3 Å². The molecule has 0 saturated heterocycles. The minimum Gasteiger partial charge on any atom is -0.465 e. The van der Waals surface area contributed by atoms with Crippen LogP contribution in [0, 0.1) is 0 Å². The third-order valence-corrected chi connectivity index (χ3v) is 3.74. The van der Waals surface area contributed by atoms with Crippen LogP contribution in [0.4, 0.5) is 0 Å². The lowest BCUT2D eigenvalue weighted by Gasteiger charge is -2.05. The Morgan fingerprint density at radius 1 is 1.20 bits per heavy atom. The number of methoxy groups -OCH3 is 1. The van der Waals surface area contributed by atoms with E-state index in [-0.39, 0.29) is 11.5 Å². The number of halogens is 1. The number of ether oxygens (including phenoxy) is 1. The summed E-state index contributed by atoms with van der Waals surface area (Å²) in [5, 5.41) is 0. The van der Waals surface area contributed by atoms with Crippen molar-refractivity contribution in [1.82, 2.24) is 4.57 Å². The lowest BCUT2D eigenvalue weighted by atomic mass is 9.99. The number of benzene rings is 1. The zero-order chi connectivity index (χ0) is 14.3. The van der Waals surface area contributed by atoms with Crippen LogP contribution in [0.1, 0.15) is 16.1 Å². The van der Waals surface area contributed by atoms with Gasteiger partial charge in [-0.1, -0.05) is 28.1 Å². The van der Waals surface area contributed by atoms with Gasteiger partial charge in [0.2, 0.25) is 0 Å². The van der Waals surface area contributed by atoms with Crippen LogP contribution in [0.25, 0.3) is 5.57 Å². The fraction of sp³-hybridized carbons (Fsp3) is 0.0667. The summed E-state index contributed by atoms with van der Waals surface area (Å²) in [6, 6.07) is 11.0. The van der Waals surface area contributed by atoms with Crippen LogP contribution in [-0.2, 0) is 9.53 Å². The number of aromatic nitrogens is 1. The highest BCUT2D eigenvalue weighted by atomic mass is 79.9. The maximum Gasteiger partial charge on any atom is 0.344 e. The minimum atomic E-state index is -0.614. The summed E-state index contributed by atoms with van der Waals surface area (Å²) in [6.45, 7) is 0. The highest BCUT2D eigenvalue weighted by Crippen LogP contribution is 2.34. The molecule has 4 nitrogen and oxygen atoms in total. The van der Waals surface area contributed by atoms with Gasteiger partial charge in [0.15, 0.2) is 0 Å². The fourth-order valence-electron chi connectivity index (χ4n) is 2.32. The average molecular weight is 332 g/mol. The summed E-state index contributed by atoms with van der Waals surface area (Å²) in [4.78, 5) is 24.2. The highest BCUT2D eigenvalue weighted by molar-refractivity contribution is 9.10. The average Bonchev–Trinajstić information content (AvgIpc) is 3.02. The smallest absolute Gasteiger partial charge is 0.344 e. The van der Waals surface area contributed by atoms with Gasteiger partial charge in [-0.05, 0) is 29.8 Å². The Bertz CT molecular complexity index is 741. The third kappa shape index (κ3) is 1.82. The molecule has 1 aromatic carbocycles. The van der Waals surface area contributed by atoms with Gasteiger partial charge >= 0.3 is 5.97 Å². The van der Waals surface area contributed by atoms with Crippen LogP contribution in [-0.4, -0.2) is 23.6 Å². The molecule has 2 aromatic rings. The van der Waals surface area contributed by atoms with E-state index < -0.39 is 5.97 Å². The van der Waals surface area contributed by atoms with Crippen molar-refractivity contribution in [3.63, 3.8) is 0 Å². The van der Waals surface area contributed by atoms with Crippen molar-refractivity contribution in [3.05, 3.63) is 63.9 Å². The first-order valence-electron chi connectivity index (χ1n) is 5.94. The summed E-state index contributed by atoms with van der Waals surface area (Å²) >= 11 is 3.37. The first-order valence-corrected chi connectivity index (χ1v) is 6.73. The Morgan fingerprint density at radius 3 is 2.55 bits per heavy atom. The molecule has 0 aliphatic carbocycles. The molecule has 5 heteroatoms. The number of rotatable bonds is 2. The molecule has 0 amide bonds. The molecule has 0 unspecified atom stereocenters. The normalized spacial score (nSPS) is 13.6. The van der Waals surface area contributed by atoms with E-state index in [1.807, 2.05) is 30.3 Å². The lowest BCUT2D eigenvalue weighted by Crippen LogP contribution is -2.16. The van der Waals surface area contributed by atoms with E-state index in [1.165, 1.54) is 11.7 Å². The van der Waals surface area contributed by atoms with Gasteiger partial charge in [-0.3, -0.25) is 9.36 Å². The zero-order valence-corrected chi connectivity index (χ0v) is 12.2. The second-order valence-electron chi connectivity index (χ2n) is 4.32. The van der Waals surface area contributed by atoms with Gasteiger partial charge in [0.25, 0.3) is 5.91 Å². The van der Waals surface area contributed by atoms with Gasteiger partial charge in [-0.15, -0.1) is 0 Å². The van der Waals surface area contributed by atoms with E-state index in [0.717, 1.165) is 10.0 Å². The van der Waals surface area contributed by atoms with Gasteiger partial charge in [0.05, 0.1) is 12.8 Å². The van der Waals surface area contributed by atoms with E-state index >= 15 is 0 Å².